The van der Waals surface area contributed by atoms with E-state index in [-0.39, 0.29) is 35.9 Å². The number of fused-ring (bicyclic) bond motifs is 2. The van der Waals surface area contributed by atoms with Gasteiger partial charge in [0.05, 0.1) is 34.9 Å². The third kappa shape index (κ3) is 6.78. The Hall–Kier alpha value is -3.52. The monoisotopic (exact) mass is 706 g/mol. The molecule has 0 unspecified atom stereocenters. The van der Waals surface area contributed by atoms with Crippen LogP contribution in [0.1, 0.15) is 38.1 Å². The number of carbonyl (C=O) groups is 2. The van der Waals surface area contributed by atoms with E-state index in [2.05, 4.69) is 18.4 Å². The fourth-order valence-electron chi connectivity index (χ4n) is 5.29. The van der Waals surface area contributed by atoms with Crippen LogP contribution in [0.4, 0.5) is 18.9 Å². The van der Waals surface area contributed by atoms with Crippen molar-refractivity contribution in [2.75, 3.05) is 0 Å². The van der Waals surface area contributed by atoms with Gasteiger partial charge >= 0.3 is 11.5 Å². The Bertz CT molecular complexity index is 1820. The summed E-state index contributed by atoms with van der Waals surface area (Å²) in [7, 11) is -4.09. The lowest BCUT2D eigenvalue weighted by atomic mass is 9.77. The average Bonchev–Trinajstić information content (AvgIpc) is 3.54. The lowest BCUT2D eigenvalue weighted by Crippen LogP contribution is -2.63. The third-order valence-electron chi connectivity index (χ3n) is 7.28. The summed E-state index contributed by atoms with van der Waals surface area (Å²) in [6, 6.07) is 5.45. The van der Waals surface area contributed by atoms with Gasteiger partial charge < -0.3 is 19.3 Å². The molecule has 0 spiro atoms. The molecule has 0 saturated carbocycles. The van der Waals surface area contributed by atoms with E-state index < -0.39 is 38.5 Å². The largest absolute Gasteiger partial charge is 0.741 e. The molecule has 2 aliphatic rings. The van der Waals surface area contributed by atoms with Gasteiger partial charge in [-0.2, -0.15) is 17.6 Å². The Kier molecular flexibility index (Phi) is 9.94. The van der Waals surface area contributed by atoms with E-state index in [9.17, 15) is 38.0 Å². The van der Waals surface area contributed by atoms with Crippen molar-refractivity contribution in [2.24, 2.45) is 18.9 Å². The maximum Gasteiger partial charge on any atom is 0.485 e. The summed E-state index contributed by atoms with van der Waals surface area (Å²) in [6.45, 7) is 7.75. The van der Waals surface area contributed by atoms with Crippen molar-refractivity contribution < 1.29 is 55.1 Å². The number of nitro groups is 1. The van der Waals surface area contributed by atoms with Gasteiger partial charge in [0.25, 0.3) is 5.69 Å². The lowest BCUT2D eigenvalue weighted by molar-refractivity contribution is -0.705. The molecule has 1 amide bonds. The van der Waals surface area contributed by atoms with Crippen molar-refractivity contribution in [3.8, 4) is 0 Å². The summed E-state index contributed by atoms with van der Waals surface area (Å²) < 4.78 is 68.6. The highest BCUT2D eigenvalue weighted by atomic mass is 32.2. The molecule has 1 fully saturated rings. The number of rotatable bonds is 8. The van der Waals surface area contributed by atoms with Gasteiger partial charge in [-0.05, 0) is 24.6 Å². The molecule has 0 bridgehead atoms. The maximum atomic E-state index is 13.5. The highest BCUT2D eigenvalue weighted by Gasteiger charge is 2.60. The van der Waals surface area contributed by atoms with Crippen molar-refractivity contribution in [1.82, 2.24) is 9.30 Å². The smallest absolute Gasteiger partial charge is 0.485 e. The molecule has 2 aliphatic heterocycles. The van der Waals surface area contributed by atoms with Crippen LogP contribution in [-0.2, 0) is 38.1 Å². The first-order chi connectivity index (χ1) is 21.2. The zero-order chi connectivity index (χ0) is 34.5. The van der Waals surface area contributed by atoms with Gasteiger partial charge in [-0.1, -0.05) is 43.9 Å². The van der Waals surface area contributed by atoms with E-state index in [1.54, 1.807) is 30.0 Å². The summed E-state index contributed by atoms with van der Waals surface area (Å²) in [6.07, 6.45) is 3.13. The number of alkyl halides is 3. The normalized spacial score (nSPS) is 20.4. The Morgan fingerprint density at radius 3 is 2.33 bits per heavy atom. The van der Waals surface area contributed by atoms with Gasteiger partial charge in [-0.25, -0.2) is 17.8 Å². The number of benzene rings is 1. The standard InChI is InChI=1S/C26H29N4O6S2.CHF3O3S/c1-13(2)37-24-25-28(12-27(24)5)10-18(38-25)19-14(3)21-20(15(4)31)23(32)29(21)22(19)26(33)36-11-16-6-8-17(9-7-16)30(34)35;2-1(3,4)8(5,6)7/h6-10,12-15,20-21,31H,11H2,1-5H3;(H,5,6,7)/q+1;/p-1/t14-,15+,20+,21+;/m0./s1. The number of nitro benzene ring substituents is 1. The van der Waals surface area contributed by atoms with E-state index in [0.29, 0.717) is 10.8 Å². The van der Waals surface area contributed by atoms with E-state index in [4.69, 9.17) is 17.7 Å². The van der Waals surface area contributed by atoms with Crippen molar-refractivity contribution in [3.63, 3.8) is 0 Å². The van der Waals surface area contributed by atoms with E-state index in [1.807, 2.05) is 30.9 Å². The maximum absolute atomic E-state index is 13.5. The second-order valence-corrected chi connectivity index (χ2v) is 14.9. The molecular weight excluding hydrogens is 678 g/mol. The van der Waals surface area contributed by atoms with Crippen LogP contribution in [-0.4, -0.2) is 67.1 Å². The molecule has 3 aromatic rings. The first-order valence-corrected chi connectivity index (χ1v) is 16.7. The first-order valence-electron chi connectivity index (χ1n) is 13.6. The topological polar surface area (TPSA) is 175 Å². The number of nitrogens with zero attached hydrogens (tertiary/aromatic N) is 4. The molecule has 250 valence electrons. The van der Waals surface area contributed by atoms with Gasteiger partial charge in [0.2, 0.25) is 22.1 Å². The predicted octanol–water partition coefficient (Wildman–Crippen LogP) is 3.60. The predicted molar refractivity (Wildman–Crippen MR) is 158 cm³/mol. The van der Waals surface area contributed by atoms with Crippen molar-refractivity contribution in [3.05, 3.63) is 63.0 Å². The Labute approximate surface area is 269 Å². The molecule has 13 nitrogen and oxygen atoms in total. The van der Waals surface area contributed by atoms with E-state index in [0.717, 1.165) is 20.3 Å². The lowest BCUT2D eigenvalue weighted by Gasteiger charge is -2.46. The summed E-state index contributed by atoms with van der Waals surface area (Å²) >= 11 is 3.32. The van der Waals surface area contributed by atoms with Gasteiger partial charge in [0.15, 0.2) is 10.1 Å². The van der Waals surface area contributed by atoms with Crippen LogP contribution in [0.5, 0.6) is 0 Å². The number of amides is 1. The molecule has 0 radical (unpaired) electrons. The van der Waals surface area contributed by atoms with Crippen LogP contribution >= 0.6 is 23.1 Å². The molecular formula is C27H29F3N4O9S3. The number of aliphatic hydroxyl groups is 1. The summed E-state index contributed by atoms with van der Waals surface area (Å²) in [5.41, 5.74) is -4.16. The number of esters is 1. The number of aryl methyl sites for hydroxylation is 1. The fraction of sp³-hybridized carbons (Fsp3) is 0.444. The van der Waals surface area contributed by atoms with Crippen molar-refractivity contribution in [2.45, 2.75) is 62.2 Å². The average molecular weight is 707 g/mol. The molecule has 1 saturated heterocycles. The second kappa shape index (κ2) is 12.9. The molecule has 4 heterocycles. The number of aromatic nitrogens is 2. The van der Waals surface area contributed by atoms with Crippen molar-refractivity contribution >= 4 is 61.2 Å². The zero-order valence-electron chi connectivity index (χ0n) is 24.9. The summed E-state index contributed by atoms with van der Waals surface area (Å²) in [5.74, 6) is -1.70. The van der Waals surface area contributed by atoms with Crippen LogP contribution < -0.4 is 4.57 Å². The number of non-ortho nitro benzene ring substituents is 1. The Balaban J connectivity index is 0.000000533. The molecule has 1 N–H and O–H groups in total. The minimum Gasteiger partial charge on any atom is -0.741 e. The number of imidazole rings is 1. The molecule has 46 heavy (non-hydrogen) atoms. The molecule has 1 aromatic carbocycles. The number of hydrogen-bond acceptors (Lipinski definition) is 11. The molecule has 19 heteroatoms. The minimum absolute atomic E-state index is 0.0506. The van der Waals surface area contributed by atoms with E-state index >= 15 is 0 Å². The van der Waals surface area contributed by atoms with Crippen LogP contribution in [0.3, 0.4) is 0 Å². The first kappa shape index (κ1) is 35.3. The number of carbonyl (C=O) groups excluding carboxylic acids is 2. The fourth-order valence-corrected chi connectivity index (χ4v) is 7.63. The Morgan fingerprint density at radius 1 is 1.24 bits per heavy atom. The number of halogens is 3. The zero-order valence-corrected chi connectivity index (χ0v) is 27.4. The van der Waals surface area contributed by atoms with Gasteiger partial charge in [0, 0.05) is 28.9 Å². The van der Waals surface area contributed by atoms with Gasteiger partial charge in [-0.3, -0.25) is 14.9 Å². The number of thiazole rings is 1. The number of β-lactam (4-membered cyclic amide) rings is 1. The number of aliphatic hydroxyl groups excluding tert-OH is 1. The molecule has 5 rings (SSSR count). The van der Waals surface area contributed by atoms with Crippen LogP contribution in [0, 0.1) is 22.0 Å². The SMILES string of the molecule is CC(C)Sc1c2sc(C3=C(C(=O)OCc4ccc([N+](=O)[O-])cc4)N4C(=O)[C@H]([C@@H](C)O)[C@H]4[C@H]3C)cn2c[n+]1C.O=S(=O)([O-])C(F)(F)F. The summed E-state index contributed by atoms with van der Waals surface area (Å²) in [5, 5.41) is 22.7. The minimum atomic E-state index is -6.09. The van der Waals surface area contributed by atoms with Crippen LogP contribution in [0.15, 0.2) is 47.5 Å². The van der Waals surface area contributed by atoms with Gasteiger partial charge in [-0.15, -0.1) is 0 Å². The Morgan fingerprint density at radius 2 is 1.83 bits per heavy atom. The molecule has 4 atom stereocenters. The van der Waals surface area contributed by atoms with Crippen molar-refractivity contribution in [1.29, 1.82) is 0 Å². The second-order valence-electron chi connectivity index (χ2n) is 10.9. The summed E-state index contributed by atoms with van der Waals surface area (Å²) in [4.78, 5) is 40.4. The molecule has 0 aliphatic carbocycles. The highest BCUT2D eigenvalue weighted by molar-refractivity contribution is 8.00. The van der Waals surface area contributed by atoms with Crippen LogP contribution in [0.25, 0.3) is 10.4 Å². The third-order valence-corrected chi connectivity index (χ3v) is 10.3. The number of thioether (sulfide) groups is 1. The number of ether oxygens (including phenoxy) is 1. The van der Waals surface area contributed by atoms with Crippen LogP contribution in [0.2, 0.25) is 0 Å². The van der Waals surface area contributed by atoms with Gasteiger partial charge in [0.1, 0.15) is 18.5 Å². The quantitative estimate of drug-likeness (QED) is 0.0533. The number of hydrogen-bond donors (Lipinski definition) is 1. The van der Waals surface area contributed by atoms with E-state index in [1.165, 1.54) is 29.2 Å². The highest BCUT2D eigenvalue weighted by Crippen LogP contribution is 2.52. The molecule has 2 aromatic heterocycles.